The van der Waals surface area contributed by atoms with Crippen molar-refractivity contribution in [2.24, 2.45) is 0 Å². The summed E-state index contributed by atoms with van der Waals surface area (Å²) in [5, 5.41) is 8.21. The molecule has 0 fully saturated rings. The zero-order chi connectivity index (χ0) is 23.2. The Balaban J connectivity index is 1.56. The number of aromatic nitrogens is 1. The molecular weight excluding hydrogens is 474 g/mol. The summed E-state index contributed by atoms with van der Waals surface area (Å²) in [4.78, 5) is 30.2. The van der Waals surface area contributed by atoms with Crippen molar-refractivity contribution in [3.05, 3.63) is 94.8 Å². The van der Waals surface area contributed by atoms with Crippen LogP contribution in [0.2, 0.25) is 5.02 Å². The van der Waals surface area contributed by atoms with Crippen LogP contribution in [0.5, 0.6) is 0 Å². The van der Waals surface area contributed by atoms with Crippen molar-refractivity contribution in [2.45, 2.75) is 17.1 Å². The zero-order valence-electron chi connectivity index (χ0n) is 17.6. The number of nitrogens with one attached hydrogen (secondary N) is 2. The van der Waals surface area contributed by atoms with Crippen LogP contribution in [0.25, 0.3) is 11.3 Å². The van der Waals surface area contributed by atoms with E-state index >= 15 is 0 Å². The third kappa shape index (κ3) is 6.01. The number of carbonyl (C=O) groups excluding carboxylic acids is 2. The topological polar surface area (TPSA) is 71.1 Å². The van der Waals surface area contributed by atoms with Gasteiger partial charge in [-0.25, -0.2) is 4.98 Å². The summed E-state index contributed by atoms with van der Waals surface area (Å²) in [5.41, 5.74) is 3.09. The number of carbonyl (C=O) groups is 2. The van der Waals surface area contributed by atoms with Gasteiger partial charge in [0.2, 0.25) is 11.8 Å². The second kappa shape index (κ2) is 10.7. The first-order valence-corrected chi connectivity index (χ1v) is 12.2. The molecule has 1 aromatic heterocycles. The Labute approximate surface area is 205 Å². The van der Waals surface area contributed by atoms with Crippen molar-refractivity contribution >= 4 is 57.3 Å². The van der Waals surface area contributed by atoms with Crippen LogP contribution in [-0.2, 0) is 9.59 Å². The number of thioether (sulfide) groups is 1. The predicted molar refractivity (Wildman–Crippen MR) is 137 cm³/mol. The second-order valence-corrected chi connectivity index (χ2v) is 9.57. The lowest BCUT2D eigenvalue weighted by molar-refractivity contribution is -0.116. The molecule has 0 radical (unpaired) electrons. The molecule has 0 bridgehead atoms. The van der Waals surface area contributed by atoms with Gasteiger partial charge in [-0.1, -0.05) is 66.2 Å². The van der Waals surface area contributed by atoms with Crippen LogP contribution >= 0.6 is 34.7 Å². The molecule has 5 nitrogen and oxygen atoms in total. The molecule has 0 saturated carbocycles. The van der Waals surface area contributed by atoms with Gasteiger partial charge in [-0.2, -0.15) is 0 Å². The normalized spacial score (nSPS) is 11.6. The van der Waals surface area contributed by atoms with E-state index in [9.17, 15) is 9.59 Å². The molecule has 1 heterocycles. The fourth-order valence-electron chi connectivity index (χ4n) is 3.18. The van der Waals surface area contributed by atoms with Crippen LogP contribution in [0.3, 0.4) is 0 Å². The minimum atomic E-state index is -0.508. The van der Waals surface area contributed by atoms with E-state index in [0.717, 1.165) is 16.0 Å². The monoisotopic (exact) mass is 493 g/mol. The van der Waals surface area contributed by atoms with E-state index in [1.54, 1.807) is 0 Å². The molecule has 1 unspecified atom stereocenters. The van der Waals surface area contributed by atoms with E-state index in [1.807, 2.05) is 84.2 Å². The molecule has 0 saturated heterocycles. The number of halogens is 1. The summed E-state index contributed by atoms with van der Waals surface area (Å²) in [6.45, 7) is 1.46. The van der Waals surface area contributed by atoms with Crippen molar-refractivity contribution in [1.82, 2.24) is 4.98 Å². The van der Waals surface area contributed by atoms with E-state index in [1.165, 1.54) is 30.0 Å². The maximum absolute atomic E-state index is 13.3. The van der Waals surface area contributed by atoms with Gasteiger partial charge in [0.05, 0.1) is 5.69 Å². The molecule has 3 aromatic carbocycles. The Bertz CT molecular complexity index is 1280. The summed E-state index contributed by atoms with van der Waals surface area (Å²) in [6.07, 6.45) is 0. The SMILES string of the molecule is CC(=O)Nc1cccc(SC(C(=O)Nc2nc(-c3ccccc3Cl)cs2)c2ccccc2)c1. The van der Waals surface area contributed by atoms with E-state index in [-0.39, 0.29) is 11.8 Å². The number of hydrogen-bond acceptors (Lipinski definition) is 5. The highest BCUT2D eigenvalue weighted by molar-refractivity contribution is 8.00. The lowest BCUT2D eigenvalue weighted by Crippen LogP contribution is -2.19. The average molecular weight is 494 g/mol. The lowest BCUT2D eigenvalue weighted by atomic mass is 10.1. The quantitative estimate of drug-likeness (QED) is 0.275. The molecule has 2 amide bonds. The Morgan fingerprint density at radius 2 is 1.73 bits per heavy atom. The molecule has 166 valence electrons. The van der Waals surface area contributed by atoms with Crippen molar-refractivity contribution in [3.63, 3.8) is 0 Å². The van der Waals surface area contributed by atoms with Crippen molar-refractivity contribution in [2.75, 3.05) is 10.6 Å². The number of anilines is 2. The largest absolute Gasteiger partial charge is 0.326 e. The Morgan fingerprint density at radius 3 is 2.48 bits per heavy atom. The fraction of sp³-hybridized carbons (Fsp3) is 0.0800. The first kappa shape index (κ1) is 23.0. The summed E-state index contributed by atoms with van der Waals surface area (Å²) in [7, 11) is 0. The molecular formula is C25H20ClN3O2S2. The first-order valence-electron chi connectivity index (χ1n) is 10.1. The maximum Gasteiger partial charge on any atom is 0.244 e. The number of amides is 2. The van der Waals surface area contributed by atoms with Gasteiger partial charge in [-0.05, 0) is 29.8 Å². The van der Waals surface area contributed by atoms with E-state index in [2.05, 4.69) is 15.6 Å². The highest BCUT2D eigenvalue weighted by atomic mass is 35.5. The molecule has 8 heteroatoms. The standard InChI is InChI=1S/C25H20ClN3O2S2/c1-16(30)27-18-10-7-11-19(14-18)33-23(17-8-3-2-4-9-17)24(31)29-25-28-22(15-32-25)20-12-5-6-13-21(20)26/h2-15,23H,1H3,(H,27,30)(H,28,29,31). The highest BCUT2D eigenvalue weighted by Crippen LogP contribution is 2.38. The minimum Gasteiger partial charge on any atom is -0.326 e. The number of nitrogens with zero attached hydrogens (tertiary/aromatic N) is 1. The third-order valence-electron chi connectivity index (χ3n) is 4.63. The maximum atomic E-state index is 13.3. The van der Waals surface area contributed by atoms with Crippen LogP contribution in [0, 0.1) is 0 Å². The summed E-state index contributed by atoms with van der Waals surface area (Å²) in [5.74, 6) is -0.330. The van der Waals surface area contributed by atoms with Gasteiger partial charge in [0.1, 0.15) is 5.25 Å². The van der Waals surface area contributed by atoms with Gasteiger partial charge >= 0.3 is 0 Å². The van der Waals surface area contributed by atoms with E-state index in [0.29, 0.717) is 21.5 Å². The number of thiazole rings is 1. The van der Waals surface area contributed by atoms with Gasteiger partial charge in [-0.3, -0.25) is 9.59 Å². The van der Waals surface area contributed by atoms with Gasteiger partial charge in [-0.15, -0.1) is 23.1 Å². The van der Waals surface area contributed by atoms with E-state index < -0.39 is 5.25 Å². The molecule has 33 heavy (non-hydrogen) atoms. The molecule has 2 N–H and O–H groups in total. The van der Waals surface area contributed by atoms with E-state index in [4.69, 9.17) is 11.6 Å². The summed E-state index contributed by atoms with van der Waals surface area (Å²) < 4.78 is 0. The molecule has 4 aromatic rings. The van der Waals surface area contributed by atoms with Crippen molar-refractivity contribution in [3.8, 4) is 11.3 Å². The van der Waals surface area contributed by atoms with Gasteiger partial charge in [0, 0.05) is 33.5 Å². The molecule has 4 rings (SSSR count). The summed E-state index contributed by atoms with van der Waals surface area (Å²) >= 11 is 9.05. The van der Waals surface area contributed by atoms with Gasteiger partial charge in [0.15, 0.2) is 5.13 Å². The smallest absolute Gasteiger partial charge is 0.244 e. The minimum absolute atomic E-state index is 0.146. The molecule has 0 spiro atoms. The van der Waals surface area contributed by atoms with Crippen LogP contribution < -0.4 is 10.6 Å². The lowest BCUT2D eigenvalue weighted by Gasteiger charge is -2.16. The zero-order valence-corrected chi connectivity index (χ0v) is 20.0. The fourth-order valence-corrected chi connectivity index (χ4v) is 5.21. The Morgan fingerprint density at radius 1 is 0.970 bits per heavy atom. The van der Waals surface area contributed by atoms with Crippen LogP contribution in [-0.4, -0.2) is 16.8 Å². The average Bonchev–Trinajstić information content (AvgIpc) is 3.26. The number of rotatable bonds is 7. The van der Waals surface area contributed by atoms with Crippen LogP contribution in [0.4, 0.5) is 10.8 Å². The molecule has 1 atom stereocenters. The first-order chi connectivity index (χ1) is 16.0. The highest BCUT2D eigenvalue weighted by Gasteiger charge is 2.23. The summed E-state index contributed by atoms with van der Waals surface area (Å²) in [6, 6.07) is 24.5. The van der Waals surface area contributed by atoms with Crippen molar-refractivity contribution in [1.29, 1.82) is 0 Å². The van der Waals surface area contributed by atoms with Gasteiger partial charge < -0.3 is 10.6 Å². The number of benzene rings is 3. The Kier molecular flexibility index (Phi) is 7.44. The Hall–Kier alpha value is -3.13. The van der Waals surface area contributed by atoms with Crippen LogP contribution in [0.15, 0.2) is 89.1 Å². The third-order valence-corrected chi connectivity index (χ3v) is 6.97. The predicted octanol–water partition coefficient (Wildman–Crippen LogP) is 6.89. The molecule has 0 aliphatic rings. The second-order valence-electron chi connectivity index (χ2n) is 7.12. The molecule has 0 aliphatic heterocycles. The van der Waals surface area contributed by atoms with Crippen molar-refractivity contribution < 1.29 is 9.59 Å². The van der Waals surface area contributed by atoms with Gasteiger partial charge in [0.25, 0.3) is 0 Å². The van der Waals surface area contributed by atoms with Crippen LogP contribution in [0.1, 0.15) is 17.7 Å². The number of hydrogen-bond donors (Lipinski definition) is 2. The molecule has 0 aliphatic carbocycles.